The summed E-state index contributed by atoms with van der Waals surface area (Å²) in [6.07, 6.45) is -5.30. The Labute approximate surface area is 128 Å². The smallest absolute Gasteiger partial charge is 0.550 e. The second-order valence-electron chi connectivity index (χ2n) is 2.83. The van der Waals surface area contributed by atoms with Crippen LogP contribution in [0.4, 0.5) is 0 Å². The number of carboxylic acids is 4. The van der Waals surface area contributed by atoms with Crippen molar-refractivity contribution in [2.45, 2.75) is 25.0 Å². The van der Waals surface area contributed by atoms with Gasteiger partial charge in [0.1, 0.15) is 0 Å². The normalized spacial score (nSPS) is 11.9. The van der Waals surface area contributed by atoms with Crippen molar-refractivity contribution in [2.75, 3.05) is 0 Å². The molecular weight excluding hydrogens is 279 g/mol. The fourth-order valence-electron chi connectivity index (χ4n) is 0.479. The molecule has 0 saturated carbocycles. The molecule has 0 amide bonds. The minimum absolute atomic E-state index is 0. The molecule has 0 aliphatic carbocycles. The van der Waals surface area contributed by atoms with Crippen LogP contribution in [-0.4, -0.2) is 61.6 Å². The molecule has 0 radical (unpaired) electrons. The predicted molar refractivity (Wildman–Crippen MR) is 49.2 cm³/mol. The first-order valence-corrected chi connectivity index (χ1v) is 4.33. The molecule has 0 aliphatic rings. The fraction of sp³-hybridized carbons (Fsp3) is 0.500. The average Bonchev–Trinajstić information content (AvgIpc) is 2.24. The number of hydrogen-bond acceptors (Lipinski definition) is 7. The van der Waals surface area contributed by atoms with Crippen LogP contribution >= 0.6 is 0 Å². The number of carbonyl (C=O) groups excluding carboxylic acids is 1. The Morgan fingerprint density at radius 3 is 1.26 bits per heavy atom. The van der Waals surface area contributed by atoms with E-state index in [0.29, 0.717) is 0 Å². The minimum atomic E-state index is -2.27. The molecule has 19 heavy (non-hydrogen) atoms. The van der Waals surface area contributed by atoms with Gasteiger partial charge in [0.15, 0.2) is 12.2 Å². The van der Waals surface area contributed by atoms with E-state index in [1.54, 1.807) is 0 Å². The minimum Gasteiger partial charge on any atom is -0.550 e. The number of aliphatic hydroxyl groups excluding tert-OH is 2. The Balaban J connectivity index is -0.000000262. The van der Waals surface area contributed by atoms with Crippen molar-refractivity contribution in [2.24, 2.45) is 0 Å². The van der Waals surface area contributed by atoms with Gasteiger partial charge < -0.3 is 35.4 Å². The van der Waals surface area contributed by atoms with Gasteiger partial charge in [-0.05, 0) is 6.42 Å². The van der Waals surface area contributed by atoms with Crippen LogP contribution in [0.5, 0.6) is 0 Å². The molecule has 0 rings (SSSR count). The van der Waals surface area contributed by atoms with Crippen LogP contribution < -0.4 is 34.7 Å². The molecule has 2 unspecified atom stereocenters. The number of aliphatic carboxylic acids is 4. The van der Waals surface area contributed by atoms with Gasteiger partial charge >= 0.3 is 47.5 Å². The molecule has 11 heteroatoms. The summed E-state index contributed by atoms with van der Waals surface area (Å²) in [5, 5.41) is 49.9. The van der Waals surface area contributed by atoms with E-state index in [2.05, 4.69) is 0 Å². The topological polar surface area (TPSA) is 192 Å². The maximum Gasteiger partial charge on any atom is 1.00 e. The van der Waals surface area contributed by atoms with Crippen molar-refractivity contribution in [3.05, 3.63) is 0 Å². The van der Waals surface area contributed by atoms with E-state index in [1.165, 1.54) is 0 Å². The van der Waals surface area contributed by atoms with Gasteiger partial charge in [-0.15, -0.1) is 0 Å². The Morgan fingerprint density at radius 2 is 1.16 bits per heavy atom. The SMILES string of the molecule is O=C(O)C(O)C(O)C(=O)O.O=C([O-])CCC(=O)O.[Na+]. The van der Waals surface area contributed by atoms with Gasteiger partial charge in [0.25, 0.3) is 0 Å². The molecule has 0 aromatic heterocycles. The summed E-state index contributed by atoms with van der Waals surface area (Å²) in [6, 6.07) is 0. The summed E-state index contributed by atoms with van der Waals surface area (Å²) in [5.74, 6) is -5.98. The van der Waals surface area contributed by atoms with Crippen molar-refractivity contribution in [3.8, 4) is 0 Å². The Hall–Kier alpha value is -1.20. The first-order chi connectivity index (χ1) is 8.09. The molecule has 0 aromatic carbocycles. The monoisotopic (exact) mass is 290 g/mol. The van der Waals surface area contributed by atoms with Crippen LogP contribution in [0.25, 0.3) is 0 Å². The average molecular weight is 290 g/mol. The zero-order chi connectivity index (χ0) is 14.9. The fourth-order valence-corrected chi connectivity index (χ4v) is 0.479. The Bertz CT molecular complexity index is 295. The summed E-state index contributed by atoms with van der Waals surface area (Å²) in [7, 11) is 0. The van der Waals surface area contributed by atoms with Crippen molar-refractivity contribution in [3.63, 3.8) is 0 Å². The molecule has 10 nitrogen and oxygen atoms in total. The van der Waals surface area contributed by atoms with Crippen LogP contribution in [0, 0.1) is 0 Å². The largest absolute Gasteiger partial charge is 1.00 e. The zero-order valence-corrected chi connectivity index (χ0v) is 11.8. The number of hydrogen-bond donors (Lipinski definition) is 5. The van der Waals surface area contributed by atoms with Crippen LogP contribution in [0.1, 0.15) is 12.8 Å². The van der Waals surface area contributed by atoms with Gasteiger partial charge in [0.05, 0.1) is 6.42 Å². The second kappa shape index (κ2) is 11.9. The van der Waals surface area contributed by atoms with Crippen molar-refractivity contribution >= 4 is 23.9 Å². The quantitative estimate of drug-likeness (QED) is 0.293. The molecule has 0 aromatic rings. The van der Waals surface area contributed by atoms with Crippen molar-refractivity contribution < 1.29 is 79.4 Å². The van der Waals surface area contributed by atoms with Gasteiger partial charge in [-0.1, -0.05) is 0 Å². The number of rotatable bonds is 6. The van der Waals surface area contributed by atoms with Gasteiger partial charge in [-0.3, -0.25) is 4.79 Å². The van der Waals surface area contributed by atoms with Crippen molar-refractivity contribution in [1.29, 1.82) is 0 Å². The summed E-state index contributed by atoms with van der Waals surface area (Å²) >= 11 is 0. The Morgan fingerprint density at radius 1 is 0.842 bits per heavy atom. The molecule has 0 saturated heterocycles. The zero-order valence-electron chi connectivity index (χ0n) is 9.85. The van der Waals surface area contributed by atoms with Crippen LogP contribution in [-0.2, 0) is 19.2 Å². The second-order valence-corrected chi connectivity index (χ2v) is 2.83. The molecule has 2 atom stereocenters. The van der Waals surface area contributed by atoms with E-state index in [4.69, 9.17) is 25.5 Å². The molecule has 0 spiro atoms. The van der Waals surface area contributed by atoms with Crippen LogP contribution in [0.3, 0.4) is 0 Å². The number of carboxylic acid groups (broad SMARTS) is 4. The van der Waals surface area contributed by atoms with E-state index in [9.17, 15) is 24.3 Å². The van der Waals surface area contributed by atoms with E-state index >= 15 is 0 Å². The third-order valence-electron chi connectivity index (χ3n) is 1.35. The van der Waals surface area contributed by atoms with Gasteiger partial charge in [-0.2, -0.15) is 0 Å². The number of aliphatic hydroxyl groups is 2. The first-order valence-electron chi connectivity index (χ1n) is 4.33. The van der Waals surface area contributed by atoms with Gasteiger partial charge in [-0.25, -0.2) is 9.59 Å². The van der Waals surface area contributed by atoms with Gasteiger partial charge in [0.2, 0.25) is 0 Å². The van der Waals surface area contributed by atoms with Gasteiger partial charge in [0, 0.05) is 5.97 Å². The Kier molecular flexibility index (Phi) is 14.3. The molecule has 0 heterocycles. The molecule has 0 aliphatic heterocycles. The molecule has 5 N–H and O–H groups in total. The third kappa shape index (κ3) is 14.7. The summed E-state index contributed by atoms with van der Waals surface area (Å²) in [4.78, 5) is 38.7. The first kappa shape index (κ1) is 22.9. The molecular formula is C8H11NaO10. The van der Waals surface area contributed by atoms with E-state index in [1.807, 2.05) is 0 Å². The predicted octanol–water partition coefficient (Wildman–Crippen LogP) is -6.52. The summed E-state index contributed by atoms with van der Waals surface area (Å²) in [5.41, 5.74) is 0. The van der Waals surface area contributed by atoms with E-state index in [0.717, 1.165) is 0 Å². The molecule has 0 fully saturated rings. The maximum atomic E-state index is 9.77. The summed E-state index contributed by atoms with van der Waals surface area (Å²) < 4.78 is 0. The number of carbonyl (C=O) groups is 4. The standard InChI is InChI=1S/C4H6O6.C4H6O4.Na/c5-1(3(7)8)2(6)4(9)10;5-3(6)1-2-4(7)8;/h1-2,5-6H,(H,7,8)(H,9,10);1-2H2,(H,5,6)(H,7,8);/q;;+1/p-1. The third-order valence-corrected chi connectivity index (χ3v) is 1.35. The van der Waals surface area contributed by atoms with Crippen LogP contribution in [0.2, 0.25) is 0 Å². The molecule has 104 valence electrons. The van der Waals surface area contributed by atoms with Crippen molar-refractivity contribution in [1.82, 2.24) is 0 Å². The molecule has 0 bridgehead atoms. The van der Waals surface area contributed by atoms with E-state index in [-0.39, 0.29) is 36.0 Å². The summed E-state index contributed by atoms with van der Waals surface area (Å²) in [6.45, 7) is 0. The van der Waals surface area contributed by atoms with E-state index < -0.39 is 42.5 Å². The maximum absolute atomic E-state index is 9.77. The van der Waals surface area contributed by atoms with Crippen LogP contribution in [0.15, 0.2) is 0 Å².